The van der Waals surface area contributed by atoms with Crippen LogP contribution in [0.15, 0.2) is 51.4 Å². The summed E-state index contributed by atoms with van der Waals surface area (Å²) >= 11 is 9.28. The SMILES string of the molecule is C=CC(Cl)=C(N=C)c1ccc(Br)cc1. The first-order valence-electron chi connectivity index (χ1n) is 3.94. The van der Waals surface area contributed by atoms with Crippen molar-refractivity contribution >= 4 is 39.9 Å². The molecule has 1 nitrogen and oxygen atoms in total. The van der Waals surface area contributed by atoms with Crippen LogP contribution in [0.4, 0.5) is 0 Å². The minimum atomic E-state index is 0.502. The molecule has 0 bridgehead atoms. The van der Waals surface area contributed by atoms with E-state index >= 15 is 0 Å². The van der Waals surface area contributed by atoms with Gasteiger partial charge in [0, 0.05) is 10.0 Å². The number of halogens is 2. The molecule has 0 aliphatic carbocycles. The van der Waals surface area contributed by atoms with Gasteiger partial charge in [-0.3, -0.25) is 4.99 Å². The summed E-state index contributed by atoms with van der Waals surface area (Å²) in [6.07, 6.45) is 1.55. The highest BCUT2D eigenvalue weighted by molar-refractivity contribution is 9.10. The van der Waals surface area contributed by atoms with E-state index in [1.165, 1.54) is 0 Å². The van der Waals surface area contributed by atoms with Gasteiger partial charge in [-0.1, -0.05) is 46.2 Å². The van der Waals surface area contributed by atoms with Gasteiger partial charge in [0.25, 0.3) is 0 Å². The van der Waals surface area contributed by atoms with Crippen molar-refractivity contribution in [3.8, 4) is 0 Å². The van der Waals surface area contributed by atoms with E-state index in [0.717, 1.165) is 10.0 Å². The van der Waals surface area contributed by atoms with Gasteiger partial charge in [0.05, 0.1) is 10.7 Å². The monoisotopic (exact) mass is 269 g/mol. The lowest BCUT2D eigenvalue weighted by Gasteiger charge is -2.02. The number of aliphatic imine (C=N–C) groups is 1. The number of hydrogen-bond acceptors (Lipinski definition) is 1. The Kier molecular flexibility index (Phi) is 4.11. The predicted molar refractivity (Wildman–Crippen MR) is 66.7 cm³/mol. The Bertz CT molecular complexity index is 379. The first-order valence-corrected chi connectivity index (χ1v) is 5.11. The van der Waals surface area contributed by atoms with Crippen molar-refractivity contribution in [3.05, 3.63) is 52.0 Å². The van der Waals surface area contributed by atoms with Crippen LogP contribution in [0, 0.1) is 0 Å². The lowest BCUT2D eigenvalue weighted by Crippen LogP contribution is -1.82. The summed E-state index contributed by atoms with van der Waals surface area (Å²) in [5, 5.41) is 0.502. The highest BCUT2D eigenvalue weighted by Gasteiger charge is 2.02. The lowest BCUT2D eigenvalue weighted by atomic mass is 10.1. The first kappa shape index (κ1) is 11.2. The molecular formula is C11H9BrClN. The van der Waals surface area contributed by atoms with Crippen LogP contribution in [0.2, 0.25) is 0 Å². The minimum absolute atomic E-state index is 0.502. The molecule has 1 aromatic rings. The first-order chi connectivity index (χ1) is 6.69. The van der Waals surface area contributed by atoms with Crippen molar-refractivity contribution in [1.29, 1.82) is 0 Å². The molecule has 0 aliphatic rings. The summed E-state index contributed by atoms with van der Waals surface area (Å²) in [5.74, 6) is 0. The van der Waals surface area contributed by atoms with Gasteiger partial charge in [-0.25, -0.2) is 0 Å². The molecule has 0 fully saturated rings. The average Bonchev–Trinajstić information content (AvgIpc) is 2.21. The van der Waals surface area contributed by atoms with Crippen LogP contribution in [0.5, 0.6) is 0 Å². The number of allylic oxidation sites excluding steroid dienone is 2. The number of hydrogen-bond donors (Lipinski definition) is 0. The van der Waals surface area contributed by atoms with Crippen molar-refractivity contribution < 1.29 is 0 Å². The number of benzene rings is 1. The van der Waals surface area contributed by atoms with Crippen LogP contribution in [0.1, 0.15) is 5.56 Å². The predicted octanol–water partition coefficient (Wildman–Crippen LogP) is 4.24. The van der Waals surface area contributed by atoms with Crippen LogP contribution in [-0.2, 0) is 0 Å². The van der Waals surface area contributed by atoms with Crippen LogP contribution in [-0.4, -0.2) is 6.72 Å². The fraction of sp³-hybridized carbons (Fsp3) is 0. The minimum Gasteiger partial charge on any atom is -0.262 e. The molecule has 0 saturated carbocycles. The van der Waals surface area contributed by atoms with Gasteiger partial charge in [0.1, 0.15) is 0 Å². The molecule has 0 spiro atoms. The van der Waals surface area contributed by atoms with E-state index in [1.54, 1.807) is 6.08 Å². The van der Waals surface area contributed by atoms with Crippen molar-refractivity contribution in [3.63, 3.8) is 0 Å². The molecule has 0 N–H and O–H groups in total. The molecule has 0 amide bonds. The van der Waals surface area contributed by atoms with E-state index in [4.69, 9.17) is 11.6 Å². The average molecular weight is 271 g/mol. The van der Waals surface area contributed by atoms with Crippen LogP contribution >= 0.6 is 27.5 Å². The molecule has 0 radical (unpaired) electrons. The standard InChI is InChI=1S/C11H9BrClN/c1-3-10(13)11(14-2)8-4-6-9(12)7-5-8/h3-7H,1-2H2. The van der Waals surface area contributed by atoms with E-state index in [9.17, 15) is 0 Å². The quantitative estimate of drug-likeness (QED) is 0.575. The fourth-order valence-corrected chi connectivity index (χ4v) is 1.44. The van der Waals surface area contributed by atoms with Crippen molar-refractivity contribution in [1.82, 2.24) is 0 Å². The largest absolute Gasteiger partial charge is 0.262 e. The van der Waals surface area contributed by atoms with Crippen LogP contribution in [0.25, 0.3) is 5.70 Å². The second kappa shape index (κ2) is 5.13. The molecule has 14 heavy (non-hydrogen) atoms. The van der Waals surface area contributed by atoms with Gasteiger partial charge >= 0.3 is 0 Å². The third kappa shape index (κ3) is 2.56. The molecule has 3 heteroatoms. The molecule has 0 saturated heterocycles. The normalized spacial score (nSPS) is 11.9. The summed E-state index contributed by atoms with van der Waals surface area (Å²) in [5.41, 5.74) is 1.57. The highest BCUT2D eigenvalue weighted by Crippen LogP contribution is 2.24. The number of nitrogens with zero attached hydrogens (tertiary/aromatic N) is 1. The van der Waals surface area contributed by atoms with Gasteiger partial charge in [-0.15, -0.1) is 0 Å². The van der Waals surface area contributed by atoms with Gasteiger partial charge in [0.15, 0.2) is 0 Å². The summed E-state index contributed by atoms with van der Waals surface area (Å²) in [6.45, 7) is 7.06. The highest BCUT2D eigenvalue weighted by atomic mass is 79.9. The Hall–Kier alpha value is -0.860. The second-order valence-electron chi connectivity index (χ2n) is 2.57. The number of rotatable bonds is 3. The maximum atomic E-state index is 5.92. The Balaban J connectivity index is 3.20. The summed E-state index contributed by atoms with van der Waals surface area (Å²) < 4.78 is 1.01. The third-order valence-corrected chi connectivity index (χ3v) is 2.54. The zero-order valence-electron chi connectivity index (χ0n) is 7.50. The van der Waals surface area contributed by atoms with E-state index in [2.05, 4.69) is 34.2 Å². The van der Waals surface area contributed by atoms with E-state index in [-0.39, 0.29) is 0 Å². The third-order valence-electron chi connectivity index (χ3n) is 1.68. The van der Waals surface area contributed by atoms with Gasteiger partial charge in [-0.05, 0) is 24.9 Å². The van der Waals surface area contributed by atoms with Gasteiger partial charge < -0.3 is 0 Å². The Labute approximate surface area is 96.9 Å². The smallest absolute Gasteiger partial charge is 0.0880 e. The van der Waals surface area contributed by atoms with E-state index in [1.807, 2.05) is 24.3 Å². The fourth-order valence-electron chi connectivity index (χ4n) is 1.01. The van der Waals surface area contributed by atoms with Gasteiger partial charge in [0.2, 0.25) is 0 Å². The summed E-state index contributed by atoms with van der Waals surface area (Å²) in [7, 11) is 0. The second-order valence-corrected chi connectivity index (χ2v) is 3.89. The Morgan fingerprint density at radius 3 is 2.36 bits per heavy atom. The summed E-state index contributed by atoms with van der Waals surface area (Å²) in [4.78, 5) is 3.87. The maximum Gasteiger partial charge on any atom is 0.0880 e. The summed E-state index contributed by atoms with van der Waals surface area (Å²) in [6, 6.07) is 7.68. The van der Waals surface area contributed by atoms with Crippen LogP contribution < -0.4 is 0 Å². The van der Waals surface area contributed by atoms with Crippen molar-refractivity contribution in [2.24, 2.45) is 4.99 Å². The molecule has 0 atom stereocenters. The molecule has 0 heterocycles. The zero-order chi connectivity index (χ0) is 10.6. The molecule has 72 valence electrons. The molecule has 0 unspecified atom stereocenters. The molecule has 0 aromatic heterocycles. The lowest BCUT2D eigenvalue weighted by molar-refractivity contribution is 1.50. The van der Waals surface area contributed by atoms with E-state index in [0.29, 0.717) is 10.7 Å². The van der Waals surface area contributed by atoms with Gasteiger partial charge in [-0.2, -0.15) is 0 Å². The molecule has 1 aromatic carbocycles. The van der Waals surface area contributed by atoms with Crippen molar-refractivity contribution in [2.45, 2.75) is 0 Å². The zero-order valence-corrected chi connectivity index (χ0v) is 9.85. The van der Waals surface area contributed by atoms with E-state index < -0.39 is 0 Å². The molecule has 1 rings (SSSR count). The topological polar surface area (TPSA) is 12.4 Å². The van der Waals surface area contributed by atoms with Crippen LogP contribution in [0.3, 0.4) is 0 Å². The molecule has 0 aliphatic heterocycles. The maximum absolute atomic E-state index is 5.92. The Morgan fingerprint density at radius 1 is 1.36 bits per heavy atom. The molecular weight excluding hydrogens is 261 g/mol. The van der Waals surface area contributed by atoms with Crippen molar-refractivity contribution in [2.75, 3.05) is 0 Å². The Morgan fingerprint density at radius 2 is 1.93 bits per heavy atom.